The Morgan fingerprint density at radius 2 is 2.03 bits per heavy atom. The molecule has 1 aliphatic heterocycles. The Kier molecular flexibility index (Phi) is 6.93. The molecule has 5 rings (SSSR count). The molecule has 0 amide bonds. The molecule has 9 heteroatoms. The second kappa shape index (κ2) is 10.0. The fraction of sp³-hybridized carbons (Fsp3) is 0.536. The predicted octanol–water partition coefficient (Wildman–Crippen LogP) is 5.22. The number of pyridine rings is 2. The van der Waals surface area contributed by atoms with Crippen LogP contribution in [0.15, 0.2) is 24.8 Å². The predicted molar refractivity (Wildman–Crippen MR) is 146 cm³/mol. The highest BCUT2D eigenvalue weighted by Gasteiger charge is 2.28. The van der Waals surface area contributed by atoms with Gasteiger partial charge in [-0.15, -0.1) is 0 Å². The fourth-order valence-electron chi connectivity index (χ4n) is 5.42. The average Bonchev–Trinajstić information content (AvgIpc) is 3.54. The molecular formula is C28H38FN7O. The number of hydrogen-bond donors (Lipinski definition) is 2. The third-order valence-electron chi connectivity index (χ3n) is 8.02. The first-order chi connectivity index (χ1) is 17.7. The summed E-state index contributed by atoms with van der Waals surface area (Å²) in [4.78, 5) is 14.5. The van der Waals surface area contributed by atoms with Gasteiger partial charge in [-0.05, 0) is 56.2 Å². The molecule has 1 fully saturated rings. The van der Waals surface area contributed by atoms with Gasteiger partial charge in [-0.3, -0.25) is 0 Å². The molecule has 4 aromatic rings. The van der Waals surface area contributed by atoms with Crippen molar-refractivity contribution in [2.45, 2.75) is 71.4 Å². The van der Waals surface area contributed by atoms with Gasteiger partial charge in [0.25, 0.3) is 0 Å². The van der Waals surface area contributed by atoms with Crippen LogP contribution in [0.3, 0.4) is 0 Å². The number of ether oxygens (including phenoxy) is 1. The highest BCUT2D eigenvalue weighted by Crippen LogP contribution is 2.39. The van der Waals surface area contributed by atoms with Gasteiger partial charge in [0.2, 0.25) is 0 Å². The number of halogens is 1. The smallest absolute Gasteiger partial charge is 0.175 e. The summed E-state index contributed by atoms with van der Waals surface area (Å²) in [6.45, 7) is 12.8. The highest BCUT2D eigenvalue weighted by molar-refractivity contribution is 5.93. The van der Waals surface area contributed by atoms with E-state index in [1.165, 1.54) is 0 Å². The van der Waals surface area contributed by atoms with Crippen LogP contribution in [0.5, 0.6) is 0 Å². The number of nitrogens with one attached hydrogen (secondary N) is 2. The maximum absolute atomic E-state index is 16.2. The van der Waals surface area contributed by atoms with E-state index in [-0.39, 0.29) is 17.3 Å². The van der Waals surface area contributed by atoms with Gasteiger partial charge in [-0.2, -0.15) is 5.10 Å². The number of piperidine rings is 1. The van der Waals surface area contributed by atoms with E-state index in [2.05, 4.69) is 64.0 Å². The minimum atomic E-state index is -0.244. The van der Waals surface area contributed by atoms with Crippen molar-refractivity contribution in [3.63, 3.8) is 0 Å². The summed E-state index contributed by atoms with van der Waals surface area (Å²) in [5.41, 5.74) is 5.22. The van der Waals surface area contributed by atoms with Crippen LogP contribution >= 0.6 is 0 Å². The summed E-state index contributed by atoms with van der Waals surface area (Å²) < 4.78 is 23.6. The lowest BCUT2D eigenvalue weighted by atomic mass is 9.96. The Morgan fingerprint density at radius 1 is 1.27 bits per heavy atom. The van der Waals surface area contributed by atoms with E-state index in [9.17, 15) is 0 Å². The Hall–Kier alpha value is -3.04. The Labute approximate surface area is 217 Å². The van der Waals surface area contributed by atoms with E-state index in [1.54, 1.807) is 24.1 Å². The van der Waals surface area contributed by atoms with Crippen molar-refractivity contribution < 1.29 is 9.13 Å². The fourth-order valence-corrected chi connectivity index (χ4v) is 5.42. The van der Waals surface area contributed by atoms with Gasteiger partial charge in [-0.1, -0.05) is 20.8 Å². The monoisotopic (exact) mass is 507 g/mol. The average molecular weight is 508 g/mol. The standard InChI is InChI=1S/C28H38FN7O/c1-7-28(5,37-6)15-31-20-8-10-35(11-9-20)27-24(29)23-21(13-30-27)34-25(22(23)17(2)3)19-12-18(4)26-32-16-33-36(26)14-19/h12-14,16-17,20,31,34H,7-11,15H2,1-6H3. The molecule has 2 N–H and O–H groups in total. The Bertz CT molecular complexity index is 1400. The number of aromatic nitrogens is 5. The van der Waals surface area contributed by atoms with Crippen molar-refractivity contribution in [2.24, 2.45) is 0 Å². The van der Waals surface area contributed by atoms with Gasteiger partial charge in [0.1, 0.15) is 6.33 Å². The quantitative estimate of drug-likeness (QED) is 0.340. The molecular weight excluding hydrogens is 469 g/mol. The molecule has 198 valence electrons. The van der Waals surface area contributed by atoms with Crippen molar-refractivity contribution >= 4 is 22.4 Å². The summed E-state index contributed by atoms with van der Waals surface area (Å²) in [7, 11) is 1.77. The SMILES string of the molecule is CCC(C)(CNC1CCN(c2ncc3[nH]c(-c4cc(C)c5ncnn5c4)c(C(C)C)c3c2F)CC1)OC. The normalized spacial score (nSPS) is 16.8. The van der Waals surface area contributed by atoms with Gasteiger partial charge in [0.15, 0.2) is 17.3 Å². The summed E-state index contributed by atoms with van der Waals surface area (Å²) in [6, 6.07) is 2.47. The summed E-state index contributed by atoms with van der Waals surface area (Å²) in [5, 5.41) is 8.60. The molecule has 1 aliphatic rings. The molecule has 4 aromatic heterocycles. The second-order valence-electron chi connectivity index (χ2n) is 10.8. The number of aromatic amines is 1. The third-order valence-corrected chi connectivity index (χ3v) is 8.02. The number of fused-ring (bicyclic) bond motifs is 2. The number of H-pyrrole nitrogens is 1. The molecule has 37 heavy (non-hydrogen) atoms. The maximum Gasteiger partial charge on any atom is 0.175 e. The summed E-state index contributed by atoms with van der Waals surface area (Å²) in [6.07, 6.45) is 8.11. The summed E-state index contributed by atoms with van der Waals surface area (Å²) >= 11 is 0. The first-order valence-corrected chi connectivity index (χ1v) is 13.3. The van der Waals surface area contributed by atoms with E-state index in [0.29, 0.717) is 22.8 Å². The molecule has 0 aliphatic carbocycles. The van der Waals surface area contributed by atoms with Crippen molar-refractivity contribution in [2.75, 3.05) is 31.6 Å². The van der Waals surface area contributed by atoms with Crippen molar-refractivity contribution in [1.29, 1.82) is 0 Å². The van der Waals surface area contributed by atoms with Gasteiger partial charge < -0.3 is 19.9 Å². The summed E-state index contributed by atoms with van der Waals surface area (Å²) in [5.74, 6) is 0.312. The largest absolute Gasteiger partial charge is 0.377 e. The molecule has 0 radical (unpaired) electrons. The van der Waals surface area contributed by atoms with Gasteiger partial charge in [-0.25, -0.2) is 18.9 Å². The molecule has 0 saturated carbocycles. The molecule has 0 aromatic carbocycles. The van der Waals surface area contributed by atoms with Crippen LogP contribution in [0.1, 0.15) is 64.0 Å². The van der Waals surface area contributed by atoms with Crippen LogP contribution in [-0.2, 0) is 4.74 Å². The van der Waals surface area contributed by atoms with Crippen LogP contribution in [0.2, 0.25) is 0 Å². The van der Waals surface area contributed by atoms with E-state index in [4.69, 9.17) is 4.74 Å². The van der Waals surface area contributed by atoms with Crippen LogP contribution < -0.4 is 10.2 Å². The molecule has 0 bridgehead atoms. The van der Waals surface area contributed by atoms with Gasteiger partial charge in [0.05, 0.1) is 23.0 Å². The lowest BCUT2D eigenvalue weighted by Gasteiger charge is -2.36. The number of aryl methyl sites for hydroxylation is 1. The van der Waals surface area contributed by atoms with Crippen molar-refractivity contribution in [1.82, 2.24) is 29.9 Å². The van der Waals surface area contributed by atoms with Gasteiger partial charge >= 0.3 is 0 Å². The molecule has 1 saturated heterocycles. The van der Waals surface area contributed by atoms with E-state index in [0.717, 1.165) is 66.9 Å². The number of rotatable bonds is 8. The van der Waals surface area contributed by atoms with Crippen LogP contribution in [0.25, 0.3) is 27.8 Å². The van der Waals surface area contributed by atoms with Crippen molar-refractivity contribution in [3.8, 4) is 11.3 Å². The zero-order valence-corrected chi connectivity index (χ0v) is 22.7. The lowest BCUT2D eigenvalue weighted by Crippen LogP contribution is -2.48. The molecule has 1 atom stereocenters. The second-order valence-corrected chi connectivity index (χ2v) is 10.8. The molecule has 1 unspecified atom stereocenters. The molecule has 0 spiro atoms. The third kappa shape index (κ3) is 4.70. The highest BCUT2D eigenvalue weighted by atomic mass is 19.1. The topological polar surface area (TPSA) is 83.4 Å². The van der Waals surface area contributed by atoms with Crippen LogP contribution in [0, 0.1) is 12.7 Å². The van der Waals surface area contributed by atoms with Crippen LogP contribution in [0.4, 0.5) is 10.2 Å². The van der Waals surface area contributed by atoms with Crippen LogP contribution in [-0.4, -0.2) is 63.0 Å². The Balaban J connectivity index is 1.43. The Morgan fingerprint density at radius 3 is 2.70 bits per heavy atom. The maximum atomic E-state index is 16.2. The number of anilines is 1. The number of nitrogens with zero attached hydrogens (tertiary/aromatic N) is 5. The van der Waals surface area contributed by atoms with Gasteiger partial charge in [0, 0.05) is 49.9 Å². The van der Waals surface area contributed by atoms with E-state index < -0.39 is 0 Å². The van der Waals surface area contributed by atoms with E-state index >= 15 is 4.39 Å². The lowest BCUT2D eigenvalue weighted by molar-refractivity contribution is 0.00109. The number of methoxy groups -OCH3 is 1. The number of hydrogen-bond acceptors (Lipinski definition) is 6. The first kappa shape index (κ1) is 25.6. The first-order valence-electron chi connectivity index (χ1n) is 13.3. The van der Waals surface area contributed by atoms with E-state index in [1.807, 2.05) is 13.1 Å². The van der Waals surface area contributed by atoms with Crippen molar-refractivity contribution in [3.05, 3.63) is 41.7 Å². The minimum absolute atomic E-state index is 0.115. The zero-order chi connectivity index (χ0) is 26.3. The molecule has 5 heterocycles. The zero-order valence-electron chi connectivity index (χ0n) is 22.7. The molecule has 8 nitrogen and oxygen atoms in total. The minimum Gasteiger partial charge on any atom is -0.377 e.